The smallest absolute Gasteiger partial charge is 0.392 e. The molecule has 0 radical (unpaired) electrons. The first-order valence-electron chi connectivity index (χ1n) is 8.16. The summed E-state index contributed by atoms with van der Waals surface area (Å²) in [6, 6.07) is 11.7. The van der Waals surface area contributed by atoms with Crippen molar-refractivity contribution in [1.29, 1.82) is 0 Å². The van der Waals surface area contributed by atoms with Gasteiger partial charge in [0.1, 0.15) is 11.3 Å². The molecule has 8 heteroatoms. The van der Waals surface area contributed by atoms with E-state index in [9.17, 15) is 18.3 Å². The molecule has 0 amide bonds. The largest absolute Gasteiger partial charge is 0.433 e. The number of imidazole rings is 1. The van der Waals surface area contributed by atoms with Crippen molar-refractivity contribution in [2.75, 3.05) is 0 Å². The molecule has 0 bridgehead atoms. The number of aliphatic hydroxyl groups excluding tert-OH is 1. The molecule has 3 heterocycles. The van der Waals surface area contributed by atoms with Crippen LogP contribution < -0.4 is 0 Å². The SMILES string of the molecule is Cn1nc(-c2ccc(-c3cn4ccc(CO)cc4n3)cc2)cc1C(F)(F)F. The van der Waals surface area contributed by atoms with Crippen molar-refractivity contribution in [2.45, 2.75) is 12.8 Å². The molecule has 4 aromatic rings. The normalized spacial score (nSPS) is 12.0. The average molecular weight is 372 g/mol. The third-order valence-corrected chi connectivity index (χ3v) is 4.35. The van der Waals surface area contributed by atoms with Gasteiger partial charge in [-0.1, -0.05) is 24.3 Å². The number of benzene rings is 1. The summed E-state index contributed by atoms with van der Waals surface area (Å²) < 4.78 is 41.5. The molecular weight excluding hydrogens is 357 g/mol. The van der Waals surface area contributed by atoms with Crippen LogP contribution in [0.3, 0.4) is 0 Å². The molecule has 0 spiro atoms. The number of aromatic nitrogens is 4. The minimum Gasteiger partial charge on any atom is -0.392 e. The van der Waals surface area contributed by atoms with E-state index >= 15 is 0 Å². The molecule has 1 N–H and O–H groups in total. The zero-order chi connectivity index (χ0) is 19.2. The Balaban J connectivity index is 1.66. The molecule has 4 rings (SSSR count). The molecule has 0 saturated carbocycles. The summed E-state index contributed by atoms with van der Waals surface area (Å²) in [6.07, 6.45) is -0.768. The lowest BCUT2D eigenvalue weighted by Crippen LogP contribution is -2.11. The molecule has 0 fully saturated rings. The summed E-state index contributed by atoms with van der Waals surface area (Å²) in [7, 11) is 1.28. The van der Waals surface area contributed by atoms with Crippen molar-refractivity contribution in [3.05, 3.63) is 66.1 Å². The minimum absolute atomic E-state index is 0.0582. The Morgan fingerprint density at radius 1 is 1.00 bits per heavy atom. The van der Waals surface area contributed by atoms with Crippen LogP contribution in [0.15, 0.2) is 54.9 Å². The van der Waals surface area contributed by atoms with Crippen LogP contribution in [0, 0.1) is 0 Å². The van der Waals surface area contributed by atoms with Gasteiger partial charge in [0.15, 0.2) is 0 Å². The van der Waals surface area contributed by atoms with Crippen LogP contribution in [0.1, 0.15) is 11.3 Å². The van der Waals surface area contributed by atoms with E-state index < -0.39 is 11.9 Å². The molecule has 0 unspecified atom stereocenters. The number of rotatable bonds is 3. The second-order valence-electron chi connectivity index (χ2n) is 6.20. The highest BCUT2D eigenvalue weighted by molar-refractivity contribution is 5.68. The van der Waals surface area contributed by atoms with Gasteiger partial charge in [-0.2, -0.15) is 18.3 Å². The van der Waals surface area contributed by atoms with Gasteiger partial charge < -0.3 is 9.51 Å². The topological polar surface area (TPSA) is 55.4 Å². The highest BCUT2D eigenvalue weighted by Crippen LogP contribution is 2.32. The number of aliphatic hydroxyl groups is 1. The number of aryl methyl sites for hydroxylation is 1. The van der Waals surface area contributed by atoms with Gasteiger partial charge in [0, 0.05) is 30.6 Å². The quantitative estimate of drug-likeness (QED) is 0.593. The molecule has 0 saturated heterocycles. The van der Waals surface area contributed by atoms with Gasteiger partial charge in [0.25, 0.3) is 0 Å². The number of fused-ring (bicyclic) bond motifs is 1. The van der Waals surface area contributed by atoms with Gasteiger partial charge in [-0.3, -0.25) is 4.68 Å². The molecular formula is C19H15F3N4O. The van der Waals surface area contributed by atoms with Crippen LogP contribution in [-0.4, -0.2) is 24.3 Å². The molecule has 138 valence electrons. The summed E-state index contributed by atoms with van der Waals surface area (Å²) in [5.74, 6) is 0. The summed E-state index contributed by atoms with van der Waals surface area (Å²) >= 11 is 0. The van der Waals surface area contributed by atoms with E-state index in [4.69, 9.17) is 0 Å². The van der Waals surface area contributed by atoms with E-state index in [-0.39, 0.29) is 12.3 Å². The Kier molecular flexibility index (Phi) is 4.00. The third kappa shape index (κ3) is 3.19. The Bertz CT molecular complexity index is 1110. The molecule has 27 heavy (non-hydrogen) atoms. The van der Waals surface area contributed by atoms with Gasteiger partial charge in [0.2, 0.25) is 0 Å². The van der Waals surface area contributed by atoms with Crippen LogP contribution >= 0.6 is 0 Å². The van der Waals surface area contributed by atoms with E-state index in [1.54, 1.807) is 36.4 Å². The fraction of sp³-hybridized carbons (Fsp3) is 0.158. The standard InChI is InChI=1S/C19H15F3N4O/c1-25-17(19(20,21)22)9-15(24-25)13-2-4-14(5-3-13)16-10-26-7-6-12(11-27)8-18(26)23-16/h2-10,27H,11H2,1H3. The lowest BCUT2D eigenvalue weighted by Gasteiger charge is -2.04. The van der Waals surface area contributed by atoms with Gasteiger partial charge in [0.05, 0.1) is 18.0 Å². The molecule has 0 aliphatic carbocycles. The maximum atomic E-state index is 12.9. The zero-order valence-electron chi connectivity index (χ0n) is 14.3. The summed E-state index contributed by atoms with van der Waals surface area (Å²) in [6.45, 7) is -0.0582. The first-order chi connectivity index (χ1) is 12.8. The summed E-state index contributed by atoms with van der Waals surface area (Å²) in [5, 5.41) is 13.2. The number of pyridine rings is 1. The maximum Gasteiger partial charge on any atom is 0.433 e. The maximum absolute atomic E-state index is 12.9. The van der Waals surface area contributed by atoms with Crippen LogP contribution in [0.2, 0.25) is 0 Å². The van der Waals surface area contributed by atoms with E-state index in [0.717, 1.165) is 27.6 Å². The zero-order valence-corrected chi connectivity index (χ0v) is 14.3. The van der Waals surface area contributed by atoms with Crippen LogP contribution in [0.25, 0.3) is 28.2 Å². The molecule has 0 aliphatic rings. The fourth-order valence-electron chi connectivity index (χ4n) is 2.95. The average Bonchev–Trinajstić information content (AvgIpc) is 3.24. The Morgan fingerprint density at radius 2 is 1.67 bits per heavy atom. The van der Waals surface area contributed by atoms with Crippen molar-refractivity contribution in [2.24, 2.45) is 7.05 Å². The lowest BCUT2D eigenvalue weighted by molar-refractivity contribution is -0.143. The minimum atomic E-state index is -4.44. The Hall–Kier alpha value is -3.13. The summed E-state index contributed by atoms with van der Waals surface area (Å²) in [4.78, 5) is 4.53. The lowest BCUT2D eigenvalue weighted by atomic mass is 10.1. The molecule has 1 aromatic carbocycles. The third-order valence-electron chi connectivity index (χ3n) is 4.35. The number of hydrogen-bond donors (Lipinski definition) is 1. The first-order valence-corrected chi connectivity index (χ1v) is 8.16. The van der Waals surface area contributed by atoms with Crippen molar-refractivity contribution >= 4 is 5.65 Å². The van der Waals surface area contributed by atoms with Gasteiger partial charge in [-0.25, -0.2) is 4.98 Å². The van der Waals surface area contributed by atoms with E-state index in [1.165, 1.54) is 7.05 Å². The highest BCUT2D eigenvalue weighted by Gasteiger charge is 2.35. The fourth-order valence-corrected chi connectivity index (χ4v) is 2.95. The number of hydrogen-bond acceptors (Lipinski definition) is 3. The van der Waals surface area contributed by atoms with Crippen LogP contribution in [0.5, 0.6) is 0 Å². The van der Waals surface area contributed by atoms with E-state index in [0.29, 0.717) is 11.2 Å². The second-order valence-corrected chi connectivity index (χ2v) is 6.20. The van der Waals surface area contributed by atoms with E-state index in [1.807, 2.05) is 16.8 Å². The molecule has 0 aliphatic heterocycles. The first kappa shape index (κ1) is 17.3. The molecule has 5 nitrogen and oxygen atoms in total. The van der Waals surface area contributed by atoms with Crippen molar-refractivity contribution in [3.8, 4) is 22.5 Å². The van der Waals surface area contributed by atoms with Crippen LogP contribution in [0.4, 0.5) is 13.2 Å². The Labute approximate surface area is 152 Å². The number of nitrogens with zero attached hydrogens (tertiary/aromatic N) is 4. The summed E-state index contributed by atoms with van der Waals surface area (Å²) in [5.41, 5.74) is 3.11. The van der Waals surface area contributed by atoms with Crippen LogP contribution in [-0.2, 0) is 19.8 Å². The van der Waals surface area contributed by atoms with Gasteiger partial charge in [-0.15, -0.1) is 0 Å². The van der Waals surface area contributed by atoms with E-state index in [2.05, 4.69) is 10.1 Å². The van der Waals surface area contributed by atoms with Crippen molar-refractivity contribution in [3.63, 3.8) is 0 Å². The Morgan fingerprint density at radius 3 is 2.26 bits per heavy atom. The second kappa shape index (κ2) is 6.24. The van der Waals surface area contributed by atoms with Crippen molar-refractivity contribution in [1.82, 2.24) is 19.2 Å². The monoisotopic (exact) mass is 372 g/mol. The number of halogens is 3. The molecule has 0 atom stereocenters. The van der Waals surface area contributed by atoms with Gasteiger partial charge >= 0.3 is 6.18 Å². The van der Waals surface area contributed by atoms with Gasteiger partial charge in [-0.05, 0) is 23.8 Å². The highest BCUT2D eigenvalue weighted by atomic mass is 19.4. The van der Waals surface area contributed by atoms with Crippen molar-refractivity contribution < 1.29 is 18.3 Å². The predicted molar refractivity (Wildman–Crippen MR) is 93.8 cm³/mol. The predicted octanol–water partition coefficient (Wildman–Crippen LogP) is 3.91. The molecule has 3 aromatic heterocycles. The number of alkyl halides is 3.